The first kappa shape index (κ1) is 13.9. The monoisotopic (exact) mass is 260 g/mol. The molecule has 0 saturated carbocycles. The van der Waals surface area contributed by atoms with Gasteiger partial charge in [-0.15, -0.1) is 0 Å². The predicted octanol–water partition coefficient (Wildman–Crippen LogP) is 2.41. The van der Waals surface area contributed by atoms with E-state index in [2.05, 4.69) is 9.72 Å². The number of hydrogen-bond donors (Lipinski definition) is 0. The number of hydrogen-bond acceptors (Lipinski definition) is 5. The highest BCUT2D eigenvalue weighted by molar-refractivity contribution is 5.93. The van der Waals surface area contributed by atoms with Crippen LogP contribution in [0.3, 0.4) is 0 Å². The molecular weight excluding hydrogens is 250 g/mol. The molecule has 0 radical (unpaired) electrons. The van der Waals surface area contributed by atoms with Crippen molar-refractivity contribution in [3.8, 4) is 0 Å². The number of pyridine rings is 1. The van der Waals surface area contributed by atoms with Crippen LogP contribution in [0, 0.1) is 17.0 Å². The van der Waals surface area contributed by atoms with Crippen molar-refractivity contribution in [2.24, 2.45) is 0 Å². The summed E-state index contributed by atoms with van der Waals surface area (Å²) in [6, 6.07) is 0. The predicted molar refractivity (Wildman–Crippen MR) is 56.5 cm³/mol. The van der Waals surface area contributed by atoms with Crippen LogP contribution >= 0.6 is 0 Å². The molecule has 1 rings (SSSR count). The zero-order chi connectivity index (χ0) is 13.9. The van der Waals surface area contributed by atoms with Crippen molar-refractivity contribution in [1.29, 1.82) is 0 Å². The maximum atomic E-state index is 12.9. The van der Waals surface area contributed by atoms with Crippen LogP contribution in [-0.2, 0) is 4.74 Å². The van der Waals surface area contributed by atoms with Gasteiger partial charge in [-0.25, -0.2) is 13.6 Å². The highest BCUT2D eigenvalue weighted by Gasteiger charge is 2.31. The average molecular weight is 260 g/mol. The first-order valence-electron chi connectivity index (χ1n) is 4.99. The van der Waals surface area contributed by atoms with Gasteiger partial charge in [-0.3, -0.25) is 15.1 Å². The Hall–Kier alpha value is -2.12. The number of nitro groups is 1. The van der Waals surface area contributed by atoms with E-state index in [1.54, 1.807) is 0 Å². The third-order valence-corrected chi connectivity index (χ3v) is 2.18. The van der Waals surface area contributed by atoms with Gasteiger partial charge < -0.3 is 4.74 Å². The second-order valence-corrected chi connectivity index (χ2v) is 3.30. The second-order valence-electron chi connectivity index (χ2n) is 3.30. The maximum absolute atomic E-state index is 12.9. The van der Waals surface area contributed by atoms with E-state index in [0.717, 1.165) is 0 Å². The molecule has 0 aliphatic carbocycles. The summed E-state index contributed by atoms with van der Waals surface area (Å²) in [6.07, 6.45) is -2.45. The zero-order valence-electron chi connectivity index (χ0n) is 9.65. The lowest BCUT2D eigenvalue weighted by molar-refractivity contribution is -0.386. The molecule has 0 spiro atoms. The number of carbonyl (C=O) groups excluding carboxylic acids is 1. The van der Waals surface area contributed by atoms with Gasteiger partial charge in [0.05, 0.1) is 22.8 Å². The van der Waals surface area contributed by atoms with Gasteiger partial charge in [0.15, 0.2) is 0 Å². The molecule has 0 saturated heterocycles. The lowest BCUT2D eigenvalue weighted by atomic mass is 10.1. The summed E-state index contributed by atoms with van der Waals surface area (Å²) >= 11 is 0. The number of halogens is 2. The summed E-state index contributed by atoms with van der Waals surface area (Å²) in [5.74, 6) is -1.04. The number of ether oxygens (including phenoxy) is 1. The Balaban J connectivity index is 3.51. The summed E-state index contributed by atoms with van der Waals surface area (Å²) in [5, 5.41) is 10.7. The molecule has 0 fully saturated rings. The molecule has 6 nitrogen and oxygen atoms in total. The van der Waals surface area contributed by atoms with Gasteiger partial charge in [0.2, 0.25) is 0 Å². The molecule has 1 heterocycles. The van der Waals surface area contributed by atoms with Gasteiger partial charge in [0.25, 0.3) is 12.1 Å². The van der Waals surface area contributed by atoms with Gasteiger partial charge in [-0.05, 0) is 13.8 Å². The Bertz CT molecular complexity index is 491. The first-order chi connectivity index (χ1) is 8.40. The lowest BCUT2D eigenvalue weighted by Crippen LogP contribution is -2.13. The van der Waals surface area contributed by atoms with E-state index < -0.39 is 34.1 Å². The highest BCUT2D eigenvalue weighted by atomic mass is 19.3. The minimum atomic E-state index is -3.16. The Labute approximate surface area is 101 Å². The van der Waals surface area contributed by atoms with E-state index in [4.69, 9.17) is 0 Å². The molecule has 0 amide bonds. The van der Waals surface area contributed by atoms with Crippen molar-refractivity contribution in [3.63, 3.8) is 0 Å². The van der Waals surface area contributed by atoms with Crippen LogP contribution in [0.1, 0.15) is 35.0 Å². The Morgan fingerprint density at radius 3 is 2.67 bits per heavy atom. The van der Waals surface area contributed by atoms with Gasteiger partial charge in [-0.2, -0.15) is 0 Å². The Morgan fingerprint density at radius 2 is 2.22 bits per heavy atom. The molecule has 8 heteroatoms. The largest absolute Gasteiger partial charge is 0.462 e. The lowest BCUT2D eigenvalue weighted by Gasteiger charge is -2.10. The normalized spacial score (nSPS) is 10.5. The van der Waals surface area contributed by atoms with Gasteiger partial charge in [0.1, 0.15) is 11.8 Å². The second kappa shape index (κ2) is 5.48. The molecule has 98 valence electrons. The molecule has 0 aliphatic heterocycles. The third kappa shape index (κ3) is 2.58. The molecule has 0 aliphatic rings. The molecule has 0 unspecified atom stereocenters. The van der Waals surface area contributed by atoms with E-state index >= 15 is 0 Å². The summed E-state index contributed by atoms with van der Waals surface area (Å²) in [6.45, 7) is 2.78. The zero-order valence-corrected chi connectivity index (χ0v) is 9.65. The third-order valence-electron chi connectivity index (χ3n) is 2.18. The number of aromatic nitrogens is 1. The number of carbonyl (C=O) groups is 1. The number of alkyl halides is 2. The molecule has 1 aromatic heterocycles. The smallest absolute Gasteiger partial charge is 0.340 e. The van der Waals surface area contributed by atoms with Crippen molar-refractivity contribution < 1.29 is 23.2 Å². The first-order valence-corrected chi connectivity index (χ1v) is 4.99. The standard InChI is InChI=1S/C10H10F2N2O4/c1-3-18-10(15)7-5(2)13-4-6(14(16)17)8(7)9(11)12/h4,9H,3H2,1-2H3. The fourth-order valence-electron chi connectivity index (χ4n) is 1.44. The van der Waals surface area contributed by atoms with E-state index in [0.29, 0.717) is 6.20 Å². The molecule has 0 bridgehead atoms. The maximum Gasteiger partial charge on any atom is 0.340 e. The molecule has 1 aromatic rings. The molecular formula is C10H10F2N2O4. The van der Waals surface area contributed by atoms with Gasteiger partial charge in [0, 0.05) is 0 Å². The molecule has 0 atom stereocenters. The van der Waals surface area contributed by atoms with E-state index in [-0.39, 0.29) is 12.3 Å². The van der Waals surface area contributed by atoms with Crippen LogP contribution in [-0.4, -0.2) is 22.5 Å². The van der Waals surface area contributed by atoms with Crippen LogP contribution in [0.4, 0.5) is 14.5 Å². The van der Waals surface area contributed by atoms with Crippen LogP contribution in [0.5, 0.6) is 0 Å². The van der Waals surface area contributed by atoms with Crippen molar-refractivity contribution in [2.75, 3.05) is 6.61 Å². The summed E-state index contributed by atoms with van der Waals surface area (Å²) < 4.78 is 30.4. The van der Waals surface area contributed by atoms with Crippen molar-refractivity contribution >= 4 is 11.7 Å². The van der Waals surface area contributed by atoms with Crippen LogP contribution in [0.2, 0.25) is 0 Å². The summed E-state index contributed by atoms with van der Waals surface area (Å²) in [4.78, 5) is 24.8. The number of esters is 1. The SMILES string of the molecule is CCOC(=O)c1c(C)ncc([N+](=O)[O-])c1C(F)F. The average Bonchev–Trinajstić information content (AvgIpc) is 2.27. The van der Waals surface area contributed by atoms with Crippen LogP contribution < -0.4 is 0 Å². The van der Waals surface area contributed by atoms with E-state index in [9.17, 15) is 23.7 Å². The fourth-order valence-corrected chi connectivity index (χ4v) is 1.44. The minimum Gasteiger partial charge on any atom is -0.462 e. The van der Waals surface area contributed by atoms with Crippen molar-refractivity contribution in [1.82, 2.24) is 4.98 Å². The van der Waals surface area contributed by atoms with Crippen molar-refractivity contribution in [2.45, 2.75) is 20.3 Å². The minimum absolute atomic E-state index is 0.0242. The van der Waals surface area contributed by atoms with Crippen molar-refractivity contribution in [3.05, 3.63) is 33.1 Å². The topological polar surface area (TPSA) is 82.3 Å². The Kier molecular flexibility index (Phi) is 4.24. The molecule has 18 heavy (non-hydrogen) atoms. The Morgan fingerprint density at radius 1 is 1.61 bits per heavy atom. The van der Waals surface area contributed by atoms with E-state index in [1.807, 2.05) is 0 Å². The summed E-state index contributed by atoms with van der Waals surface area (Å²) in [5.41, 5.74) is -2.42. The van der Waals surface area contributed by atoms with Gasteiger partial charge in [-0.1, -0.05) is 0 Å². The quantitative estimate of drug-likeness (QED) is 0.471. The van der Waals surface area contributed by atoms with Crippen LogP contribution in [0.25, 0.3) is 0 Å². The van der Waals surface area contributed by atoms with Crippen LogP contribution in [0.15, 0.2) is 6.20 Å². The fraction of sp³-hybridized carbons (Fsp3) is 0.400. The number of aryl methyl sites for hydroxylation is 1. The molecule has 0 N–H and O–H groups in total. The highest BCUT2D eigenvalue weighted by Crippen LogP contribution is 2.33. The molecule has 0 aromatic carbocycles. The number of nitrogens with zero attached hydrogens (tertiary/aromatic N) is 2. The summed E-state index contributed by atoms with van der Waals surface area (Å²) in [7, 11) is 0. The van der Waals surface area contributed by atoms with Gasteiger partial charge >= 0.3 is 5.97 Å². The van der Waals surface area contributed by atoms with E-state index in [1.165, 1.54) is 13.8 Å². The number of rotatable bonds is 4.